The summed E-state index contributed by atoms with van der Waals surface area (Å²) in [5, 5.41) is 16.7. The zero-order valence-electron chi connectivity index (χ0n) is 14.8. The van der Waals surface area contributed by atoms with Gasteiger partial charge < -0.3 is 16.0 Å². The number of nitrogens with zero attached hydrogens (tertiary/aromatic N) is 3. The van der Waals surface area contributed by atoms with E-state index in [4.69, 9.17) is 0 Å². The van der Waals surface area contributed by atoms with Crippen molar-refractivity contribution >= 4 is 29.9 Å². The third-order valence-corrected chi connectivity index (χ3v) is 4.32. The second-order valence-corrected chi connectivity index (χ2v) is 6.15. The fraction of sp³-hybridized carbons (Fsp3) is 0.412. The van der Waals surface area contributed by atoms with E-state index in [2.05, 4.69) is 26.3 Å². The van der Waals surface area contributed by atoms with Crippen molar-refractivity contribution in [2.24, 2.45) is 0 Å². The zero-order valence-corrected chi connectivity index (χ0v) is 15.6. The number of carbonyl (C=O) groups is 2. The lowest BCUT2D eigenvalue weighted by atomic mass is 10.1. The number of aromatic nitrogens is 3. The Bertz CT molecular complexity index is 785. The minimum absolute atomic E-state index is 0. The van der Waals surface area contributed by atoms with Crippen LogP contribution < -0.4 is 16.0 Å². The first-order valence-corrected chi connectivity index (χ1v) is 8.35. The molecule has 1 fully saturated rings. The highest BCUT2D eigenvalue weighted by molar-refractivity contribution is 6.08. The second kappa shape index (κ2) is 8.77. The summed E-state index contributed by atoms with van der Waals surface area (Å²) in [5.41, 5.74) is 2.04. The average molecular weight is 379 g/mol. The van der Waals surface area contributed by atoms with Crippen LogP contribution >= 0.6 is 12.4 Å². The monoisotopic (exact) mass is 378 g/mol. The Kier molecular flexibility index (Phi) is 6.70. The van der Waals surface area contributed by atoms with Gasteiger partial charge in [0.1, 0.15) is 0 Å². The Hall–Kier alpha value is -2.45. The van der Waals surface area contributed by atoms with E-state index in [0.29, 0.717) is 11.3 Å². The quantitative estimate of drug-likeness (QED) is 0.749. The van der Waals surface area contributed by atoms with Gasteiger partial charge in [0.25, 0.3) is 11.8 Å². The molecule has 0 unspecified atom stereocenters. The lowest BCUT2D eigenvalue weighted by Crippen LogP contribution is -2.29. The third kappa shape index (κ3) is 4.39. The minimum Gasteiger partial charge on any atom is -0.355 e. The summed E-state index contributed by atoms with van der Waals surface area (Å²) < 4.78 is 1.75. The first kappa shape index (κ1) is 19.9. The highest BCUT2D eigenvalue weighted by Gasteiger charge is 2.20. The van der Waals surface area contributed by atoms with Gasteiger partial charge in [0.05, 0.1) is 23.5 Å². The van der Waals surface area contributed by atoms with Crippen molar-refractivity contribution in [3.63, 3.8) is 0 Å². The van der Waals surface area contributed by atoms with Crippen molar-refractivity contribution in [1.82, 2.24) is 25.6 Å². The highest BCUT2D eigenvalue weighted by Crippen LogP contribution is 2.20. The van der Waals surface area contributed by atoms with Gasteiger partial charge in [-0.1, -0.05) is 16.8 Å². The van der Waals surface area contributed by atoms with Crippen LogP contribution in [0.2, 0.25) is 0 Å². The van der Waals surface area contributed by atoms with Gasteiger partial charge in [-0.05, 0) is 45.0 Å². The Labute approximate surface area is 158 Å². The molecule has 0 atom stereocenters. The van der Waals surface area contributed by atoms with Crippen molar-refractivity contribution in [1.29, 1.82) is 0 Å². The van der Waals surface area contributed by atoms with E-state index < -0.39 is 0 Å². The smallest absolute Gasteiger partial charge is 0.277 e. The molecular formula is C17H23ClN6O2. The summed E-state index contributed by atoms with van der Waals surface area (Å²) in [7, 11) is 1.56. The molecular weight excluding hydrogens is 356 g/mol. The van der Waals surface area contributed by atoms with Crippen LogP contribution in [-0.4, -0.2) is 46.9 Å². The number of hydrogen-bond acceptors (Lipinski definition) is 5. The maximum Gasteiger partial charge on any atom is 0.277 e. The Morgan fingerprint density at radius 1 is 1.23 bits per heavy atom. The van der Waals surface area contributed by atoms with Gasteiger partial charge in [-0.25, -0.2) is 4.68 Å². The molecule has 9 heteroatoms. The van der Waals surface area contributed by atoms with Gasteiger partial charge in [0.2, 0.25) is 0 Å². The van der Waals surface area contributed by atoms with Gasteiger partial charge in [-0.3, -0.25) is 9.59 Å². The Morgan fingerprint density at radius 2 is 1.96 bits per heavy atom. The zero-order chi connectivity index (χ0) is 17.8. The molecule has 1 aromatic heterocycles. The predicted molar refractivity (Wildman–Crippen MR) is 101 cm³/mol. The summed E-state index contributed by atoms with van der Waals surface area (Å²) in [6.45, 7) is 3.76. The standard InChI is InChI=1S/C17H22N6O2.ClH/c1-11-3-4-14(13(9-11)16(24)18-2)20-17(25)15-10-23(22-21-15)12-5-7-19-8-6-12;/h3-4,9-10,12,19H,5-8H2,1-2H3,(H,18,24)(H,20,25);1H. The number of nitrogens with one attached hydrogen (secondary N) is 3. The number of benzene rings is 1. The molecule has 0 bridgehead atoms. The molecule has 2 aromatic rings. The van der Waals surface area contributed by atoms with Gasteiger partial charge in [-0.15, -0.1) is 17.5 Å². The molecule has 0 saturated carbocycles. The number of amides is 2. The molecule has 8 nitrogen and oxygen atoms in total. The number of piperidine rings is 1. The molecule has 3 N–H and O–H groups in total. The van der Waals surface area contributed by atoms with Crippen molar-refractivity contribution in [3.8, 4) is 0 Å². The number of rotatable bonds is 4. The maximum absolute atomic E-state index is 12.5. The van der Waals surface area contributed by atoms with E-state index in [9.17, 15) is 9.59 Å². The van der Waals surface area contributed by atoms with Crippen LogP contribution in [0, 0.1) is 6.92 Å². The molecule has 1 aromatic carbocycles. The fourth-order valence-corrected chi connectivity index (χ4v) is 2.91. The highest BCUT2D eigenvalue weighted by atomic mass is 35.5. The lowest BCUT2D eigenvalue weighted by molar-refractivity contribution is 0.0964. The lowest BCUT2D eigenvalue weighted by Gasteiger charge is -2.22. The van der Waals surface area contributed by atoms with E-state index in [0.717, 1.165) is 31.5 Å². The molecule has 3 rings (SSSR count). The molecule has 0 aliphatic carbocycles. The Morgan fingerprint density at radius 3 is 2.65 bits per heavy atom. The molecule has 0 radical (unpaired) electrons. The Balaban J connectivity index is 0.00000243. The van der Waals surface area contributed by atoms with Crippen molar-refractivity contribution in [3.05, 3.63) is 41.2 Å². The second-order valence-electron chi connectivity index (χ2n) is 6.15. The van der Waals surface area contributed by atoms with Crippen LogP contribution in [0.3, 0.4) is 0 Å². The number of halogens is 1. The van der Waals surface area contributed by atoms with Gasteiger partial charge >= 0.3 is 0 Å². The first-order chi connectivity index (χ1) is 12.1. The van der Waals surface area contributed by atoms with E-state index >= 15 is 0 Å². The van der Waals surface area contributed by atoms with Gasteiger partial charge in [0.15, 0.2) is 5.69 Å². The fourth-order valence-electron chi connectivity index (χ4n) is 2.91. The van der Waals surface area contributed by atoms with E-state index in [1.54, 1.807) is 30.1 Å². The molecule has 1 aliphatic heterocycles. The SMILES string of the molecule is CNC(=O)c1cc(C)ccc1NC(=O)c1cn(C2CCNCC2)nn1.Cl. The van der Waals surface area contributed by atoms with Crippen molar-refractivity contribution in [2.75, 3.05) is 25.5 Å². The van der Waals surface area contributed by atoms with Crippen LogP contribution in [0.25, 0.3) is 0 Å². The van der Waals surface area contributed by atoms with E-state index in [-0.39, 0.29) is 36.0 Å². The maximum atomic E-state index is 12.5. The van der Waals surface area contributed by atoms with Crippen molar-refractivity contribution < 1.29 is 9.59 Å². The predicted octanol–water partition coefficient (Wildman–Crippen LogP) is 1.54. The molecule has 26 heavy (non-hydrogen) atoms. The average Bonchev–Trinajstić information content (AvgIpc) is 3.13. The van der Waals surface area contributed by atoms with Crippen LogP contribution in [0.15, 0.2) is 24.4 Å². The van der Waals surface area contributed by atoms with E-state index in [1.165, 1.54) is 0 Å². The summed E-state index contributed by atoms with van der Waals surface area (Å²) in [5.74, 6) is -0.633. The molecule has 2 amide bonds. The van der Waals surface area contributed by atoms with E-state index in [1.807, 2.05) is 13.0 Å². The summed E-state index contributed by atoms with van der Waals surface area (Å²) >= 11 is 0. The number of carbonyl (C=O) groups excluding carboxylic acids is 2. The van der Waals surface area contributed by atoms with Gasteiger partial charge in [0, 0.05) is 7.05 Å². The van der Waals surface area contributed by atoms with Crippen LogP contribution in [0.5, 0.6) is 0 Å². The van der Waals surface area contributed by atoms with Crippen LogP contribution in [0.1, 0.15) is 45.3 Å². The molecule has 140 valence electrons. The summed E-state index contributed by atoms with van der Waals surface area (Å²) in [4.78, 5) is 24.5. The molecule has 0 spiro atoms. The molecule has 2 heterocycles. The first-order valence-electron chi connectivity index (χ1n) is 8.35. The normalized spacial score (nSPS) is 14.4. The molecule has 1 saturated heterocycles. The number of hydrogen-bond donors (Lipinski definition) is 3. The third-order valence-electron chi connectivity index (χ3n) is 4.32. The van der Waals surface area contributed by atoms with Gasteiger partial charge in [-0.2, -0.15) is 0 Å². The largest absolute Gasteiger partial charge is 0.355 e. The number of anilines is 1. The summed E-state index contributed by atoms with van der Waals surface area (Å²) in [6, 6.07) is 5.56. The topological polar surface area (TPSA) is 101 Å². The minimum atomic E-state index is -0.380. The molecule has 1 aliphatic rings. The van der Waals surface area contributed by atoms with Crippen molar-refractivity contribution in [2.45, 2.75) is 25.8 Å². The summed E-state index contributed by atoms with van der Waals surface area (Å²) in [6.07, 6.45) is 3.59. The van der Waals surface area contributed by atoms with Crippen LogP contribution in [0.4, 0.5) is 5.69 Å². The van der Waals surface area contributed by atoms with Crippen LogP contribution in [-0.2, 0) is 0 Å². The number of aryl methyl sites for hydroxylation is 1.